The molecule has 0 N–H and O–H groups in total. The molecule has 6 nitrogen and oxygen atoms in total. The smallest absolute Gasteiger partial charge is 0.281 e. The van der Waals surface area contributed by atoms with Gasteiger partial charge in [-0.1, -0.05) is 6.07 Å². The van der Waals surface area contributed by atoms with Crippen LogP contribution in [0, 0.1) is 10.1 Å². The highest BCUT2D eigenvalue weighted by Gasteiger charge is 2.40. The molecule has 0 fully saturated rings. The van der Waals surface area contributed by atoms with E-state index >= 15 is 0 Å². The lowest BCUT2D eigenvalue weighted by atomic mass is 10.1. The van der Waals surface area contributed by atoms with Crippen molar-refractivity contribution in [2.75, 3.05) is 0 Å². The van der Waals surface area contributed by atoms with Gasteiger partial charge in [0.2, 0.25) is 5.78 Å². The molecule has 0 atom stereocenters. The molecule has 0 aromatic heterocycles. The van der Waals surface area contributed by atoms with E-state index in [0.29, 0.717) is 0 Å². The van der Waals surface area contributed by atoms with Crippen molar-refractivity contribution in [3.8, 4) is 0 Å². The summed E-state index contributed by atoms with van der Waals surface area (Å²) in [6.07, 6.45) is 1.46. The minimum atomic E-state index is -0.661. The molecule has 1 aliphatic rings. The Morgan fingerprint density at radius 3 is 2.58 bits per heavy atom. The van der Waals surface area contributed by atoms with E-state index in [1.165, 1.54) is 31.3 Å². The number of carbonyl (C=O) groups is 2. The predicted octanol–water partition coefficient (Wildman–Crippen LogP) is 2.34. The lowest BCUT2D eigenvalue weighted by Crippen LogP contribution is -2.04. The molecule has 0 amide bonds. The van der Waals surface area contributed by atoms with Crippen LogP contribution in [-0.4, -0.2) is 22.7 Å². The summed E-state index contributed by atoms with van der Waals surface area (Å²) in [5, 5.41) is 10.9. The molecule has 1 aromatic carbocycles. The Bertz CT molecular complexity index is 671. The number of Topliss-reactive ketones (excluding diaryl/α,β-unsaturated/α-hetero) is 2. The molecule has 0 unspecified atom stereocenters. The van der Waals surface area contributed by atoms with Gasteiger partial charge in [-0.3, -0.25) is 24.7 Å². The molecule has 0 bridgehead atoms. The van der Waals surface area contributed by atoms with Crippen LogP contribution in [0.3, 0.4) is 0 Å². The third-order valence-electron chi connectivity index (χ3n) is 2.85. The van der Waals surface area contributed by atoms with Gasteiger partial charge in [0.25, 0.3) is 5.69 Å². The van der Waals surface area contributed by atoms with Crippen LogP contribution >= 0.6 is 0 Å². The van der Waals surface area contributed by atoms with Crippen LogP contribution in [0.4, 0.5) is 5.69 Å². The summed E-state index contributed by atoms with van der Waals surface area (Å²) in [5.74, 6) is -1.14. The first-order chi connectivity index (χ1) is 8.99. The Morgan fingerprint density at radius 2 is 2.00 bits per heavy atom. The lowest BCUT2D eigenvalue weighted by Gasteiger charge is -1.97. The summed E-state index contributed by atoms with van der Waals surface area (Å²) >= 11 is 0. The van der Waals surface area contributed by atoms with Crippen molar-refractivity contribution in [2.24, 2.45) is 4.99 Å². The van der Waals surface area contributed by atoms with Crippen molar-refractivity contribution >= 4 is 23.5 Å². The number of nitrogens with zero attached hydrogens (tertiary/aromatic N) is 2. The van der Waals surface area contributed by atoms with Gasteiger partial charge in [0.1, 0.15) is 5.56 Å². The van der Waals surface area contributed by atoms with Gasteiger partial charge >= 0.3 is 0 Å². The molecular formula is C13H10N2O4. The first-order valence-corrected chi connectivity index (χ1v) is 5.55. The maximum Gasteiger partial charge on any atom is 0.281 e. The average molecular weight is 258 g/mol. The Hall–Kier alpha value is -2.63. The quantitative estimate of drug-likeness (QED) is 0.267. The number of fused-ring (bicyclic) bond motifs is 1. The molecule has 1 aromatic rings. The van der Waals surface area contributed by atoms with Gasteiger partial charge in [-0.2, -0.15) is 0 Å². The van der Waals surface area contributed by atoms with E-state index in [9.17, 15) is 19.7 Å². The highest BCUT2D eigenvalue weighted by Crippen LogP contribution is 2.34. The molecular weight excluding hydrogens is 248 g/mol. The lowest BCUT2D eigenvalue weighted by molar-refractivity contribution is -0.385. The number of carbonyl (C=O) groups excluding carboxylic acids is 2. The number of aliphatic imine (C=N–C) groups is 1. The molecule has 0 radical (unpaired) electrons. The molecule has 0 saturated carbocycles. The minimum absolute atomic E-state index is 0.0693. The number of rotatable bonds is 2. The largest absolute Gasteiger partial charge is 0.288 e. The number of nitro benzene ring substituents is 1. The van der Waals surface area contributed by atoms with E-state index in [4.69, 9.17) is 0 Å². The second kappa shape index (κ2) is 4.56. The van der Waals surface area contributed by atoms with Gasteiger partial charge in [-0.05, 0) is 19.9 Å². The van der Waals surface area contributed by atoms with Crippen LogP contribution < -0.4 is 0 Å². The predicted molar refractivity (Wildman–Crippen MR) is 68.6 cm³/mol. The average Bonchev–Trinajstić information content (AvgIpc) is 2.62. The first kappa shape index (κ1) is 12.8. The van der Waals surface area contributed by atoms with Gasteiger partial charge in [-0.25, -0.2) is 0 Å². The molecule has 6 heteroatoms. The molecule has 0 saturated heterocycles. The summed E-state index contributed by atoms with van der Waals surface area (Å²) in [5.41, 5.74) is -0.248. The van der Waals surface area contributed by atoms with Crippen LogP contribution in [0.15, 0.2) is 34.5 Å². The van der Waals surface area contributed by atoms with E-state index in [0.717, 1.165) is 0 Å². The highest BCUT2D eigenvalue weighted by molar-refractivity contribution is 6.40. The zero-order valence-electron chi connectivity index (χ0n) is 10.3. The fraction of sp³-hybridized carbons (Fsp3) is 0.154. The molecule has 1 aliphatic carbocycles. The molecule has 0 spiro atoms. The monoisotopic (exact) mass is 258 g/mol. The summed E-state index contributed by atoms with van der Waals surface area (Å²) < 4.78 is 0. The van der Waals surface area contributed by atoms with E-state index in [-0.39, 0.29) is 28.1 Å². The topological polar surface area (TPSA) is 89.6 Å². The van der Waals surface area contributed by atoms with Crippen molar-refractivity contribution in [1.29, 1.82) is 0 Å². The van der Waals surface area contributed by atoms with Crippen molar-refractivity contribution in [2.45, 2.75) is 13.8 Å². The van der Waals surface area contributed by atoms with Crippen LogP contribution in [-0.2, 0) is 0 Å². The third-order valence-corrected chi connectivity index (χ3v) is 2.85. The minimum Gasteiger partial charge on any atom is -0.288 e. The highest BCUT2D eigenvalue weighted by atomic mass is 16.6. The van der Waals surface area contributed by atoms with Crippen LogP contribution in [0.5, 0.6) is 0 Å². The Labute approximate surface area is 108 Å². The van der Waals surface area contributed by atoms with Gasteiger partial charge in [0.05, 0.1) is 16.2 Å². The summed E-state index contributed by atoms with van der Waals surface area (Å²) in [4.78, 5) is 38.5. The van der Waals surface area contributed by atoms with E-state index in [2.05, 4.69) is 4.99 Å². The van der Waals surface area contributed by atoms with Gasteiger partial charge in [-0.15, -0.1) is 0 Å². The number of nitro groups is 1. The maximum absolute atomic E-state index is 12.2. The van der Waals surface area contributed by atoms with Gasteiger partial charge in [0, 0.05) is 17.8 Å². The van der Waals surface area contributed by atoms with Gasteiger partial charge in [0.15, 0.2) is 5.78 Å². The fourth-order valence-corrected chi connectivity index (χ4v) is 2.07. The third kappa shape index (κ3) is 1.87. The zero-order valence-corrected chi connectivity index (χ0v) is 10.3. The number of allylic oxidation sites excluding steroid dienone is 2. The molecule has 96 valence electrons. The SMILES string of the molecule is CC=NC(C)=C1C(=O)c2cccc([N+](=O)[O-])c2C1=O. The number of hydrogen-bond donors (Lipinski definition) is 0. The molecule has 0 heterocycles. The van der Waals surface area contributed by atoms with Crippen molar-refractivity contribution in [1.82, 2.24) is 0 Å². The van der Waals surface area contributed by atoms with Crippen molar-refractivity contribution < 1.29 is 14.5 Å². The number of ketones is 2. The molecule has 0 aliphatic heterocycles. The van der Waals surface area contributed by atoms with Crippen LogP contribution in [0.2, 0.25) is 0 Å². The second-order valence-corrected chi connectivity index (χ2v) is 3.96. The normalized spacial score (nSPS) is 16.9. The van der Waals surface area contributed by atoms with Crippen molar-refractivity contribution in [3.05, 3.63) is 50.7 Å². The summed E-state index contributed by atoms with van der Waals surface area (Å²) in [6.45, 7) is 3.19. The summed E-state index contributed by atoms with van der Waals surface area (Å²) in [6, 6.07) is 4.02. The second-order valence-electron chi connectivity index (χ2n) is 3.96. The van der Waals surface area contributed by atoms with Crippen molar-refractivity contribution in [3.63, 3.8) is 0 Å². The Kier molecular flexibility index (Phi) is 3.08. The first-order valence-electron chi connectivity index (χ1n) is 5.55. The summed E-state index contributed by atoms with van der Waals surface area (Å²) in [7, 11) is 0. The van der Waals surface area contributed by atoms with Crippen LogP contribution in [0.25, 0.3) is 0 Å². The molecule has 19 heavy (non-hydrogen) atoms. The van der Waals surface area contributed by atoms with Crippen LogP contribution in [0.1, 0.15) is 34.6 Å². The van der Waals surface area contributed by atoms with E-state index in [1.54, 1.807) is 6.92 Å². The standard InChI is InChI=1S/C13H10N2O4/c1-3-14-7(2)10-12(16)8-5-4-6-9(15(18)19)11(8)13(10)17/h3-6H,1-2H3. The Morgan fingerprint density at radius 1 is 1.32 bits per heavy atom. The van der Waals surface area contributed by atoms with Gasteiger partial charge < -0.3 is 0 Å². The Balaban J connectivity index is 2.73. The molecule has 2 rings (SSSR count). The number of benzene rings is 1. The maximum atomic E-state index is 12.2. The zero-order chi connectivity index (χ0) is 14.2. The fourth-order valence-electron chi connectivity index (χ4n) is 2.07. The van der Waals surface area contributed by atoms with E-state index in [1.807, 2.05) is 0 Å². The van der Waals surface area contributed by atoms with E-state index < -0.39 is 16.5 Å². The number of hydrogen-bond acceptors (Lipinski definition) is 5.